The van der Waals surface area contributed by atoms with Crippen molar-refractivity contribution in [3.05, 3.63) is 98.1 Å². The van der Waals surface area contributed by atoms with Crippen molar-refractivity contribution in [3.63, 3.8) is 0 Å². The molecule has 3 aromatic carbocycles. The largest absolute Gasteiger partial charge is 0.493 e. The van der Waals surface area contributed by atoms with E-state index < -0.39 is 10.8 Å². The van der Waals surface area contributed by atoms with E-state index in [-0.39, 0.29) is 34.4 Å². The summed E-state index contributed by atoms with van der Waals surface area (Å²) in [7, 11) is 1.43. The van der Waals surface area contributed by atoms with Crippen LogP contribution >= 0.6 is 11.6 Å². The molecule has 1 amide bonds. The van der Waals surface area contributed by atoms with Gasteiger partial charge in [-0.25, -0.2) is 0 Å². The van der Waals surface area contributed by atoms with Gasteiger partial charge in [-0.3, -0.25) is 14.9 Å². The molecule has 0 saturated heterocycles. The first-order valence-electron chi connectivity index (χ1n) is 10.6. The number of ether oxygens (including phenoxy) is 2. The van der Waals surface area contributed by atoms with Crippen LogP contribution in [-0.4, -0.2) is 17.9 Å². The third kappa shape index (κ3) is 6.59. The average molecular weight is 492 g/mol. The fourth-order valence-electron chi connectivity index (χ4n) is 3.22. The number of aryl methyl sites for hydroxylation is 1. The summed E-state index contributed by atoms with van der Waals surface area (Å²) in [4.78, 5) is 23.1. The maximum atomic E-state index is 12.6. The number of nitro groups is 1. The molecule has 178 valence electrons. The van der Waals surface area contributed by atoms with Crippen LogP contribution in [0.5, 0.6) is 11.5 Å². The summed E-state index contributed by atoms with van der Waals surface area (Å²) in [6.45, 7) is 2.06. The van der Waals surface area contributed by atoms with Crippen LogP contribution in [0.3, 0.4) is 0 Å². The van der Waals surface area contributed by atoms with Gasteiger partial charge in [-0.05, 0) is 53.5 Å². The fraction of sp³-hybridized carbons (Fsp3) is 0.154. The molecule has 1 N–H and O–H groups in total. The SMILES string of the molecule is CCc1ccc(NC(=O)/C(C#N)=C/c2cc(Cl)c(OCc3cccc([N+](=O)[O-])c3)c(OC)c2)cc1. The number of carbonyl (C=O) groups excluding carboxylic acids is 1. The van der Waals surface area contributed by atoms with E-state index >= 15 is 0 Å². The zero-order valence-corrected chi connectivity index (χ0v) is 19.8. The minimum Gasteiger partial charge on any atom is -0.493 e. The number of nitriles is 1. The van der Waals surface area contributed by atoms with Gasteiger partial charge in [0.1, 0.15) is 18.2 Å². The van der Waals surface area contributed by atoms with E-state index in [0.29, 0.717) is 16.8 Å². The van der Waals surface area contributed by atoms with Gasteiger partial charge in [-0.1, -0.05) is 42.8 Å². The Morgan fingerprint density at radius 1 is 1.17 bits per heavy atom. The molecule has 3 aromatic rings. The van der Waals surface area contributed by atoms with Crippen LogP contribution in [0.4, 0.5) is 11.4 Å². The summed E-state index contributed by atoms with van der Waals surface area (Å²) in [6.07, 6.45) is 2.28. The third-order valence-corrected chi connectivity index (χ3v) is 5.33. The second-order valence-corrected chi connectivity index (χ2v) is 7.83. The lowest BCUT2D eigenvalue weighted by molar-refractivity contribution is -0.384. The van der Waals surface area contributed by atoms with E-state index in [1.54, 1.807) is 30.3 Å². The number of hydrogen-bond acceptors (Lipinski definition) is 6. The van der Waals surface area contributed by atoms with Gasteiger partial charge in [0.15, 0.2) is 11.5 Å². The van der Waals surface area contributed by atoms with Crippen molar-refractivity contribution in [1.82, 2.24) is 0 Å². The number of halogens is 1. The molecule has 0 aliphatic rings. The first kappa shape index (κ1) is 25.3. The molecule has 0 radical (unpaired) electrons. The number of rotatable bonds is 9. The maximum absolute atomic E-state index is 12.6. The van der Waals surface area contributed by atoms with Crippen LogP contribution in [0, 0.1) is 21.4 Å². The van der Waals surface area contributed by atoms with Crippen molar-refractivity contribution in [3.8, 4) is 17.6 Å². The molecule has 0 heterocycles. The molecular weight excluding hydrogens is 470 g/mol. The second kappa shape index (κ2) is 11.7. The number of benzene rings is 3. The summed E-state index contributed by atoms with van der Waals surface area (Å²) in [6, 6.07) is 18.4. The highest BCUT2D eigenvalue weighted by atomic mass is 35.5. The Kier molecular flexibility index (Phi) is 8.43. The van der Waals surface area contributed by atoms with Crippen molar-refractivity contribution < 1.29 is 19.2 Å². The molecule has 0 saturated carbocycles. The molecule has 3 rings (SSSR count). The van der Waals surface area contributed by atoms with Gasteiger partial charge in [0.2, 0.25) is 0 Å². The van der Waals surface area contributed by atoms with Gasteiger partial charge in [-0.15, -0.1) is 0 Å². The Morgan fingerprint density at radius 3 is 2.54 bits per heavy atom. The van der Waals surface area contributed by atoms with E-state index in [0.717, 1.165) is 12.0 Å². The number of nitrogens with zero attached hydrogens (tertiary/aromatic N) is 2. The van der Waals surface area contributed by atoms with Crippen LogP contribution < -0.4 is 14.8 Å². The minimum atomic E-state index is -0.558. The number of nitrogens with one attached hydrogen (secondary N) is 1. The molecule has 9 heteroatoms. The highest BCUT2D eigenvalue weighted by molar-refractivity contribution is 6.32. The molecule has 35 heavy (non-hydrogen) atoms. The smallest absolute Gasteiger partial charge is 0.269 e. The fourth-order valence-corrected chi connectivity index (χ4v) is 3.49. The van der Waals surface area contributed by atoms with Gasteiger partial charge in [0.05, 0.1) is 17.1 Å². The predicted molar refractivity (Wildman–Crippen MR) is 133 cm³/mol. The first-order valence-corrected chi connectivity index (χ1v) is 11.0. The maximum Gasteiger partial charge on any atom is 0.269 e. The summed E-state index contributed by atoms with van der Waals surface area (Å²) in [5.74, 6) is -0.0448. The van der Waals surface area contributed by atoms with Gasteiger partial charge >= 0.3 is 0 Å². The molecule has 0 fully saturated rings. The van der Waals surface area contributed by atoms with Gasteiger partial charge in [-0.2, -0.15) is 5.26 Å². The summed E-state index contributed by atoms with van der Waals surface area (Å²) >= 11 is 6.40. The number of methoxy groups -OCH3 is 1. The van der Waals surface area contributed by atoms with Gasteiger partial charge < -0.3 is 14.8 Å². The lowest BCUT2D eigenvalue weighted by Crippen LogP contribution is -2.13. The highest BCUT2D eigenvalue weighted by Crippen LogP contribution is 2.37. The van der Waals surface area contributed by atoms with Crippen LogP contribution in [0.25, 0.3) is 6.08 Å². The summed E-state index contributed by atoms with van der Waals surface area (Å²) in [5.41, 5.74) is 2.59. The number of amides is 1. The predicted octanol–water partition coefficient (Wildman–Crippen LogP) is 5.94. The number of carbonyl (C=O) groups is 1. The topological polar surface area (TPSA) is 114 Å². The standard InChI is InChI=1S/C26H22ClN3O5/c1-3-17-7-9-21(10-8-17)29-26(31)20(15-28)11-19-13-23(27)25(24(14-19)34-2)35-16-18-5-4-6-22(12-18)30(32)33/h4-14H,3,16H2,1-2H3,(H,29,31)/b20-11+. The molecular formula is C26H22ClN3O5. The molecule has 8 nitrogen and oxygen atoms in total. The molecule has 0 bridgehead atoms. The lowest BCUT2D eigenvalue weighted by atomic mass is 10.1. The minimum absolute atomic E-state index is 0.0234. The van der Waals surface area contributed by atoms with Crippen molar-refractivity contribution >= 4 is 35.0 Å². The molecule has 0 aliphatic heterocycles. The molecule has 0 aromatic heterocycles. The average Bonchev–Trinajstić information content (AvgIpc) is 2.86. The third-order valence-electron chi connectivity index (χ3n) is 5.05. The molecule has 0 aliphatic carbocycles. The Balaban J connectivity index is 1.79. The zero-order valence-electron chi connectivity index (χ0n) is 19.1. The summed E-state index contributed by atoms with van der Waals surface area (Å²) in [5, 5.41) is 23.4. The summed E-state index contributed by atoms with van der Waals surface area (Å²) < 4.78 is 11.1. The Bertz CT molecular complexity index is 1310. The van der Waals surface area contributed by atoms with Crippen molar-refractivity contribution in [2.24, 2.45) is 0 Å². The van der Waals surface area contributed by atoms with E-state index in [1.807, 2.05) is 25.1 Å². The van der Waals surface area contributed by atoms with Crippen LogP contribution in [-0.2, 0) is 17.8 Å². The Hall–Kier alpha value is -4.35. The van der Waals surface area contributed by atoms with Gasteiger partial charge in [0, 0.05) is 17.8 Å². The van der Waals surface area contributed by atoms with Crippen LogP contribution in [0.15, 0.2) is 66.2 Å². The van der Waals surface area contributed by atoms with E-state index in [4.69, 9.17) is 21.1 Å². The van der Waals surface area contributed by atoms with Crippen molar-refractivity contribution in [2.45, 2.75) is 20.0 Å². The monoisotopic (exact) mass is 491 g/mol. The van der Waals surface area contributed by atoms with Crippen molar-refractivity contribution in [2.75, 3.05) is 12.4 Å². The molecule has 0 unspecified atom stereocenters. The number of nitro benzene ring substituents is 1. The van der Waals surface area contributed by atoms with Crippen LogP contribution in [0.2, 0.25) is 5.02 Å². The Morgan fingerprint density at radius 2 is 1.91 bits per heavy atom. The highest BCUT2D eigenvalue weighted by Gasteiger charge is 2.15. The Labute approximate surface area is 207 Å². The first-order chi connectivity index (χ1) is 16.8. The number of hydrogen-bond donors (Lipinski definition) is 1. The zero-order chi connectivity index (χ0) is 25.4. The van der Waals surface area contributed by atoms with Crippen LogP contribution in [0.1, 0.15) is 23.6 Å². The molecule has 0 spiro atoms. The number of non-ortho nitro benzene ring substituents is 1. The second-order valence-electron chi connectivity index (χ2n) is 7.42. The van der Waals surface area contributed by atoms with E-state index in [1.165, 1.54) is 31.4 Å². The lowest BCUT2D eigenvalue weighted by Gasteiger charge is -2.13. The number of anilines is 1. The molecule has 0 atom stereocenters. The van der Waals surface area contributed by atoms with Gasteiger partial charge in [0.25, 0.3) is 11.6 Å². The van der Waals surface area contributed by atoms with Crippen molar-refractivity contribution in [1.29, 1.82) is 5.26 Å². The van der Waals surface area contributed by atoms with E-state index in [2.05, 4.69) is 5.32 Å². The quantitative estimate of drug-likeness (QED) is 0.171. The normalized spacial score (nSPS) is 10.9. The van der Waals surface area contributed by atoms with E-state index in [9.17, 15) is 20.2 Å².